The average Bonchev–Trinajstić information content (AvgIpc) is 2.65. The predicted octanol–water partition coefficient (Wildman–Crippen LogP) is 2.65. The zero-order valence-corrected chi connectivity index (χ0v) is 14.2. The second kappa shape index (κ2) is 8.10. The Morgan fingerprint density at radius 2 is 1.42 bits per heavy atom. The van der Waals surface area contributed by atoms with Crippen molar-refractivity contribution in [1.29, 1.82) is 0 Å². The molecule has 128 valence electrons. The molecule has 0 saturated heterocycles. The molecular formula is C18H21NO5. The summed E-state index contributed by atoms with van der Waals surface area (Å²) in [5.41, 5.74) is 1.34. The maximum atomic E-state index is 12.2. The van der Waals surface area contributed by atoms with Gasteiger partial charge in [0.05, 0.1) is 28.4 Å². The van der Waals surface area contributed by atoms with E-state index in [0.717, 1.165) is 5.56 Å². The quantitative estimate of drug-likeness (QED) is 0.845. The van der Waals surface area contributed by atoms with E-state index in [4.69, 9.17) is 18.9 Å². The van der Waals surface area contributed by atoms with Crippen LogP contribution in [-0.2, 0) is 6.54 Å². The average molecular weight is 331 g/mol. The van der Waals surface area contributed by atoms with E-state index in [2.05, 4.69) is 5.32 Å². The molecule has 2 aromatic carbocycles. The molecule has 6 nitrogen and oxygen atoms in total. The summed E-state index contributed by atoms with van der Waals surface area (Å²) in [4.78, 5) is 12.2. The van der Waals surface area contributed by atoms with E-state index in [9.17, 15) is 4.79 Å². The fourth-order valence-corrected chi connectivity index (χ4v) is 2.25. The number of amides is 1. The SMILES string of the molecule is COc1ccc(C(=O)NCc2cc(OC)c(OC)cc2OC)cc1. The molecule has 24 heavy (non-hydrogen) atoms. The van der Waals surface area contributed by atoms with Gasteiger partial charge in [0.1, 0.15) is 11.5 Å². The zero-order valence-electron chi connectivity index (χ0n) is 14.2. The lowest BCUT2D eigenvalue weighted by Crippen LogP contribution is -2.23. The summed E-state index contributed by atoms with van der Waals surface area (Å²) in [5, 5.41) is 2.86. The van der Waals surface area contributed by atoms with Crippen LogP contribution >= 0.6 is 0 Å². The van der Waals surface area contributed by atoms with Gasteiger partial charge in [0.15, 0.2) is 11.5 Å². The van der Waals surface area contributed by atoms with Gasteiger partial charge in [-0.1, -0.05) is 0 Å². The van der Waals surface area contributed by atoms with Gasteiger partial charge in [0, 0.05) is 23.7 Å². The van der Waals surface area contributed by atoms with E-state index < -0.39 is 0 Å². The molecule has 2 aromatic rings. The molecule has 2 rings (SSSR count). The Balaban J connectivity index is 2.13. The molecule has 0 aromatic heterocycles. The summed E-state index contributed by atoms with van der Waals surface area (Å²) < 4.78 is 21.0. The second-order valence-electron chi connectivity index (χ2n) is 4.93. The van der Waals surface area contributed by atoms with Crippen molar-refractivity contribution in [3.63, 3.8) is 0 Å². The Morgan fingerprint density at radius 3 is 1.96 bits per heavy atom. The van der Waals surface area contributed by atoms with E-state index in [1.165, 1.54) is 0 Å². The van der Waals surface area contributed by atoms with Crippen LogP contribution in [0.25, 0.3) is 0 Å². The van der Waals surface area contributed by atoms with Crippen LogP contribution < -0.4 is 24.3 Å². The smallest absolute Gasteiger partial charge is 0.251 e. The maximum absolute atomic E-state index is 12.2. The van der Waals surface area contributed by atoms with Gasteiger partial charge in [0.2, 0.25) is 0 Å². The molecule has 0 atom stereocenters. The molecule has 0 bridgehead atoms. The monoisotopic (exact) mass is 331 g/mol. The Labute approximate surface area is 141 Å². The van der Waals surface area contributed by atoms with E-state index in [1.54, 1.807) is 64.8 Å². The normalized spacial score (nSPS) is 10.0. The Morgan fingerprint density at radius 1 is 0.833 bits per heavy atom. The molecule has 0 aliphatic heterocycles. The van der Waals surface area contributed by atoms with E-state index in [-0.39, 0.29) is 5.91 Å². The topological polar surface area (TPSA) is 66.0 Å². The summed E-state index contributed by atoms with van der Waals surface area (Å²) in [6.45, 7) is 0.300. The predicted molar refractivity (Wildman–Crippen MR) is 90.3 cm³/mol. The highest BCUT2D eigenvalue weighted by molar-refractivity contribution is 5.94. The maximum Gasteiger partial charge on any atom is 0.251 e. The molecule has 0 aliphatic rings. The lowest BCUT2D eigenvalue weighted by atomic mass is 10.1. The molecule has 0 unspecified atom stereocenters. The highest BCUT2D eigenvalue weighted by Crippen LogP contribution is 2.34. The molecule has 0 heterocycles. The molecule has 1 N–H and O–H groups in total. The van der Waals surface area contributed by atoms with Gasteiger partial charge < -0.3 is 24.3 Å². The molecule has 1 amide bonds. The first-order valence-corrected chi connectivity index (χ1v) is 7.34. The number of hydrogen-bond donors (Lipinski definition) is 1. The third-order valence-electron chi connectivity index (χ3n) is 3.58. The minimum Gasteiger partial charge on any atom is -0.497 e. The van der Waals surface area contributed by atoms with Crippen molar-refractivity contribution in [3.8, 4) is 23.0 Å². The van der Waals surface area contributed by atoms with Crippen LogP contribution in [0.5, 0.6) is 23.0 Å². The van der Waals surface area contributed by atoms with Crippen molar-refractivity contribution in [2.24, 2.45) is 0 Å². The van der Waals surface area contributed by atoms with Gasteiger partial charge in [-0.2, -0.15) is 0 Å². The van der Waals surface area contributed by atoms with Gasteiger partial charge in [-0.15, -0.1) is 0 Å². The van der Waals surface area contributed by atoms with Crippen molar-refractivity contribution >= 4 is 5.91 Å². The number of methoxy groups -OCH3 is 4. The summed E-state index contributed by atoms with van der Waals surface area (Å²) >= 11 is 0. The molecule has 6 heteroatoms. The van der Waals surface area contributed by atoms with Crippen molar-refractivity contribution in [2.45, 2.75) is 6.54 Å². The van der Waals surface area contributed by atoms with Crippen LogP contribution in [0.1, 0.15) is 15.9 Å². The lowest BCUT2D eigenvalue weighted by Gasteiger charge is -2.14. The van der Waals surface area contributed by atoms with Crippen LogP contribution in [0, 0.1) is 0 Å². The first-order chi connectivity index (χ1) is 11.6. The van der Waals surface area contributed by atoms with E-state index in [0.29, 0.717) is 35.1 Å². The molecule has 0 radical (unpaired) electrons. The second-order valence-corrected chi connectivity index (χ2v) is 4.93. The first kappa shape index (κ1) is 17.5. The molecule has 0 aliphatic carbocycles. The van der Waals surface area contributed by atoms with Gasteiger partial charge in [-0.3, -0.25) is 4.79 Å². The Bertz CT molecular complexity index is 697. The molecule has 0 fully saturated rings. The van der Waals surface area contributed by atoms with Crippen LogP contribution in [-0.4, -0.2) is 34.3 Å². The van der Waals surface area contributed by atoms with Crippen LogP contribution in [0.4, 0.5) is 0 Å². The molecule has 0 saturated carbocycles. The van der Waals surface area contributed by atoms with Crippen LogP contribution in [0.2, 0.25) is 0 Å². The minimum absolute atomic E-state index is 0.186. The number of hydrogen-bond acceptors (Lipinski definition) is 5. The number of rotatable bonds is 7. The third kappa shape index (κ3) is 3.90. The van der Waals surface area contributed by atoms with Gasteiger partial charge >= 0.3 is 0 Å². The highest BCUT2D eigenvalue weighted by atomic mass is 16.5. The molecule has 0 spiro atoms. The van der Waals surface area contributed by atoms with Gasteiger partial charge in [-0.05, 0) is 30.3 Å². The van der Waals surface area contributed by atoms with E-state index in [1.807, 2.05) is 0 Å². The van der Waals surface area contributed by atoms with Gasteiger partial charge in [-0.25, -0.2) is 0 Å². The fraction of sp³-hybridized carbons (Fsp3) is 0.278. The van der Waals surface area contributed by atoms with Gasteiger partial charge in [0.25, 0.3) is 5.91 Å². The number of carbonyl (C=O) groups excluding carboxylic acids is 1. The Hall–Kier alpha value is -2.89. The number of benzene rings is 2. The van der Waals surface area contributed by atoms with Crippen molar-refractivity contribution in [3.05, 3.63) is 47.5 Å². The van der Waals surface area contributed by atoms with Crippen LogP contribution in [0.3, 0.4) is 0 Å². The Kier molecular flexibility index (Phi) is 5.89. The van der Waals surface area contributed by atoms with Crippen molar-refractivity contribution < 1.29 is 23.7 Å². The molecular weight excluding hydrogens is 310 g/mol. The summed E-state index contributed by atoms with van der Waals surface area (Å²) in [7, 11) is 6.26. The third-order valence-corrected chi connectivity index (χ3v) is 3.58. The zero-order chi connectivity index (χ0) is 17.5. The summed E-state index contributed by atoms with van der Waals surface area (Å²) in [6, 6.07) is 10.4. The summed E-state index contributed by atoms with van der Waals surface area (Å²) in [6.07, 6.45) is 0. The number of carbonyl (C=O) groups is 1. The first-order valence-electron chi connectivity index (χ1n) is 7.34. The fourth-order valence-electron chi connectivity index (χ4n) is 2.25. The van der Waals surface area contributed by atoms with E-state index >= 15 is 0 Å². The van der Waals surface area contributed by atoms with Crippen LogP contribution in [0.15, 0.2) is 36.4 Å². The number of nitrogens with one attached hydrogen (secondary N) is 1. The number of ether oxygens (including phenoxy) is 4. The lowest BCUT2D eigenvalue weighted by molar-refractivity contribution is 0.0950. The largest absolute Gasteiger partial charge is 0.497 e. The summed E-state index contributed by atoms with van der Waals surface area (Å²) in [5.74, 6) is 2.27. The van der Waals surface area contributed by atoms with Crippen molar-refractivity contribution in [1.82, 2.24) is 5.32 Å². The van der Waals surface area contributed by atoms with Crippen molar-refractivity contribution in [2.75, 3.05) is 28.4 Å². The highest BCUT2D eigenvalue weighted by Gasteiger charge is 2.13. The standard InChI is InChI=1S/C18H21NO5/c1-21-14-7-5-12(6-8-14)18(20)19-11-13-9-16(23-3)17(24-4)10-15(13)22-2/h5-10H,11H2,1-4H3,(H,19,20). The minimum atomic E-state index is -0.186.